The minimum atomic E-state index is -0.474. The number of thioether (sulfide) groups is 1. The van der Waals surface area contributed by atoms with E-state index in [-0.39, 0.29) is 5.91 Å². The Morgan fingerprint density at radius 3 is 2.63 bits per heavy atom. The van der Waals surface area contributed by atoms with Gasteiger partial charge in [0.05, 0.1) is 12.2 Å². The van der Waals surface area contributed by atoms with Crippen LogP contribution in [-0.2, 0) is 4.79 Å². The number of aromatic nitrogens is 3. The van der Waals surface area contributed by atoms with E-state index in [0.717, 1.165) is 53.3 Å². The normalized spacial score (nSPS) is 14.9. The molecule has 8 heteroatoms. The Morgan fingerprint density at radius 1 is 1.11 bits per heavy atom. The molecule has 1 aliphatic rings. The minimum Gasteiger partial charge on any atom is -0.493 e. The molecule has 4 rings (SSSR count). The first-order valence-electron chi connectivity index (χ1n) is 12.2. The van der Waals surface area contributed by atoms with E-state index in [1.54, 1.807) is 11.8 Å². The van der Waals surface area contributed by atoms with Gasteiger partial charge in [0.2, 0.25) is 11.1 Å². The van der Waals surface area contributed by atoms with Gasteiger partial charge in [-0.3, -0.25) is 4.79 Å². The molecule has 2 aromatic carbocycles. The molecule has 1 amide bonds. The Kier molecular flexibility index (Phi) is 8.13. The lowest BCUT2D eigenvalue weighted by Crippen LogP contribution is -2.31. The number of amides is 1. The topological polar surface area (TPSA) is 81.1 Å². The van der Waals surface area contributed by atoms with E-state index in [2.05, 4.69) is 24.5 Å². The summed E-state index contributed by atoms with van der Waals surface area (Å²) in [7, 11) is 0. The second-order valence-corrected chi connectivity index (χ2v) is 9.70. The first-order valence-corrected chi connectivity index (χ1v) is 13.2. The molecule has 0 radical (unpaired) electrons. The van der Waals surface area contributed by atoms with Gasteiger partial charge in [-0.15, -0.1) is 5.10 Å². The Bertz CT molecular complexity index is 1200. The van der Waals surface area contributed by atoms with Gasteiger partial charge in [-0.25, -0.2) is 4.68 Å². The standard InChI is InChI=1S/C27H33N5O2S/c1-5-7-16-34-22-11-9-8-10-21(22)24-23(25(33)29-20-14-12-18(3)13-15-20)19(4)28-26-30-27(31-32(24)26)35-17-6-2/h8-15,24H,5-7,16-17H2,1-4H3,(H,29,33)(H,28,30,31). The first-order chi connectivity index (χ1) is 17.0. The Labute approximate surface area is 211 Å². The van der Waals surface area contributed by atoms with Crippen LogP contribution in [0.1, 0.15) is 57.2 Å². The molecule has 35 heavy (non-hydrogen) atoms. The second kappa shape index (κ2) is 11.4. The van der Waals surface area contributed by atoms with E-state index in [4.69, 9.17) is 14.8 Å². The van der Waals surface area contributed by atoms with Crippen LogP contribution in [0.5, 0.6) is 5.75 Å². The van der Waals surface area contributed by atoms with Gasteiger partial charge in [-0.05, 0) is 44.9 Å². The van der Waals surface area contributed by atoms with Gasteiger partial charge in [-0.1, -0.05) is 67.9 Å². The highest BCUT2D eigenvalue weighted by Gasteiger charge is 2.36. The highest BCUT2D eigenvalue weighted by Crippen LogP contribution is 2.40. The van der Waals surface area contributed by atoms with Crippen molar-refractivity contribution in [1.29, 1.82) is 0 Å². The average molecular weight is 492 g/mol. The van der Waals surface area contributed by atoms with E-state index in [9.17, 15) is 4.79 Å². The molecule has 7 nitrogen and oxygen atoms in total. The summed E-state index contributed by atoms with van der Waals surface area (Å²) >= 11 is 1.61. The number of rotatable bonds is 10. The third-order valence-electron chi connectivity index (χ3n) is 5.79. The van der Waals surface area contributed by atoms with Crippen molar-refractivity contribution in [2.45, 2.75) is 58.2 Å². The van der Waals surface area contributed by atoms with Crippen LogP contribution in [0.3, 0.4) is 0 Å². The lowest BCUT2D eigenvalue weighted by molar-refractivity contribution is -0.113. The number of hydrogen-bond acceptors (Lipinski definition) is 6. The summed E-state index contributed by atoms with van der Waals surface area (Å²) in [5.41, 5.74) is 4.10. The molecule has 1 aliphatic heterocycles. The van der Waals surface area contributed by atoms with Gasteiger partial charge in [0.1, 0.15) is 11.8 Å². The summed E-state index contributed by atoms with van der Waals surface area (Å²) in [6, 6.07) is 15.2. The Balaban J connectivity index is 1.76. The lowest BCUT2D eigenvalue weighted by Gasteiger charge is -2.29. The number of fused-ring (bicyclic) bond motifs is 1. The number of carbonyl (C=O) groups is 1. The monoisotopic (exact) mass is 491 g/mol. The number of allylic oxidation sites excluding steroid dienone is 1. The number of para-hydroxylation sites is 1. The summed E-state index contributed by atoms with van der Waals surface area (Å²) in [4.78, 5) is 18.4. The van der Waals surface area contributed by atoms with Crippen molar-refractivity contribution in [2.75, 3.05) is 23.0 Å². The molecule has 0 spiro atoms. The predicted molar refractivity (Wildman–Crippen MR) is 142 cm³/mol. The molecule has 1 unspecified atom stereocenters. The first kappa shape index (κ1) is 24.9. The highest BCUT2D eigenvalue weighted by molar-refractivity contribution is 7.99. The fraction of sp³-hybridized carbons (Fsp3) is 0.370. The predicted octanol–water partition coefficient (Wildman–Crippen LogP) is 6.20. The van der Waals surface area contributed by atoms with Crippen molar-refractivity contribution in [2.24, 2.45) is 0 Å². The quantitative estimate of drug-likeness (QED) is 0.260. The molecule has 2 heterocycles. The number of aryl methyl sites for hydroxylation is 1. The van der Waals surface area contributed by atoms with Crippen molar-refractivity contribution >= 4 is 29.3 Å². The van der Waals surface area contributed by atoms with E-state index in [1.807, 2.05) is 67.1 Å². The molecule has 0 saturated heterocycles. The second-order valence-electron chi connectivity index (χ2n) is 8.64. The molecule has 3 aromatic rings. The zero-order chi connectivity index (χ0) is 24.8. The van der Waals surface area contributed by atoms with E-state index < -0.39 is 6.04 Å². The maximum Gasteiger partial charge on any atom is 0.255 e. The van der Waals surface area contributed by atoms with Crippen LogP contribution in [0.15, 0.2) is 65.0 Å². The SMILES string of the molecule is CCCCOc1ccccc1C1C(C(=O)Nc2ccc(C)cc2)=C(C)Nc2nc(SCCC)nn21. The Hall–Kier alpha value is -3.26. The van der Waals surface area contributed by atoms with Gasteiger partial charge < -0.3 is 15.4 Å². The molecule has 0 saturated carbocycles. The van der Waals surface area contributed by atoms with Crippen molar-refractivity contribution in [3.8, 4) is 5.75 Å². The third-order valence-corrected chi connectivity index (χ3v) is 6.84. The fourth-order valence-corrected chi connectivity index (χ4v) is 4.65. The van der Waals surface area contributed by atoms with Crippen LogP contribution in [-0.4, -0.2) is 33.0 Å². The van der Waals surface area contributed by atoms with Gasteiger partial charge in [0.25, 0.3) is 5.91 Å². The number of nitrogens with one attached hydrogen (secondary N) is 2. The zero-order valence-electron chi connectivity index (χ0n) is 20.8. The minimum absolute atomic E-state index is 0.184. The third kappa shape index (κ3) is 5.70. The zero-order valence-corrected chi connectivity index (χ0v) is 21.6. The number of ether oxygens (including phenoxy) is 1. The van der Waals surface area contributed by atoms with Crippen LogP contribution in [0.25, 0.3) is 0 Å². The van der Waals surface area contributed by atoms with Crippen molar-refractivity contribution in [1.82, 2.24) is 14.8 Å². The van der Waals surface area contributed by atoms with Gasteiger partial charge in [0, 0.05) is 22.7 Å². The number of nitrogens with zero attached hydrogens (tertiary/aromatic N) is 3. The van der Waals surface area contributed by atoms with Gasteiger partial charge in [0.15, 0.2) is 0 Å². The van der Waals surface area contributed by atoms with Crippen molar-refractivity contribution in [3.63, 3.8) is 0 Å². The fourth-order valence-electron chi connectivity index (χ4n) is 3.97. The maximum atomic E-state index is 13.7. The average Bonchev–Trinajstić information content (AvgIpc) is 3.26. The summed E-state index contributed by atoms with van der Waals surface area (Å²) in [6.07, 6.45) is 3.04. The molecular weight excluding hydrogens is 458 g/mol. The van der Waals surface area contributed by atoms with Crippen LogP contribution < -0.4 is 15.4 Å². The Morgan fingerprint density at radius 2 is 1.89 bits per heavy atom. The molecule has 0 aliphatic carbocycles. The highest BCUT2D eigenvalue weighted by atomic mass is 32.2. The van der Waals surface area contributed by atoms with Crippen LogP contribution in [0, 0.1) is 6.92 Å². The van der Waals surface area contributed by atoms with Crippen LogP contribution >= 0.6 is 11.8 Å². The van der Waals surface area contributed by atoms with Gasteiger partial charge in [-0.2, -0.15) is 4.98 Å². The lowest BCUT2D eigenvalue weighted by atomic mass is 9.94. The largest absolute Gasteiger partial charge is 0.493 e. The maximum absolute atomic E-state index is 13.7. The number of hydrogen-bond donors (Lipinski definition) is 2. The smallest absolute Gasteiger partial charge is 0.255 e. The molecule has 2 N–H and O–H groups in total. The number of unbranched alkanes of at least 4 members (excludes halogenated alkanes) is 1. The van der Waals surface area contributed by atoms with E-state index in [1.165, 1.54) is 0 Å². The summed E-state index contributed by atoms with van der Waals surface area (Å²) in [5, 5.41) is 11.9. The molecular formula is C27H33N5O2S. The van der Waals surface area contributed by atoms with Crippen molar-refractivity contribution in [3.05, 3.63) is 70.9 Å². The number of anilines is 2. The number of benzene rings is 2. The summed E-state index contributed by atoms with van der Waals surface area (Å²) < 4.78 is 7.99. The molecule has 184 valence electrons. The van der Waals surface area contributed by atoms with E-state index >= 15 is 0 Å². The molecule has 0 bridgehead atoms. The van der Waals surface area contributed by atoms with Crippen LogP contribution in [0.4, 0.5) is 11.6 Å². The molecule has 1 atom stereocenters. The number of carbonyl (C=O) groups excluding carboxylic acids is 1. The van der Waals surface area contributed by atoms with Crippen LogP contribution in [0.2, 0.25) is 0 Å². The summed E-state index contributed by atoms with van der Waals surface area (Å²) in [6.45, 7) is 8.82. The molecule has 1 aromatic heterocycles. The van der Waals surface area contributed by atoms with Crippen molar-refractivity contribution < 1.29 is 9.53 Å². The molecule has 0 fully saturated rings. The van der Waals surface area contributed by atoms with E-state index in [0.29, 0.717) is 23.3 Å². The van der Waals surface area contributed by atoms with Gasteiger partial charge >= 0.3 is 0 Å². The summed E-state index contributed by atoms with van der Waals surface area (Å²) in [5.74, 6) is 2.13.